The summed E-state index contributed by atoms with van der Waals surface area (Å²) in [5, 5.41) is 12.5. The second-order valence-corrected chi connectivity index (χ2v) is 5.43. The molecule has 0 atom stereocenters. The lowest BCUT2D eigenvalue weighted by Gasteiger charge is -2.08. The highest BCUT2D eigenvalue weighted by molar-refractivity contribution is 9.10. The largest absolute Gasteiger partial charge is 0.507 e. The molecule has 0 saturated carbocycles. The molecule has 0 fully saturated rings. The van der Waals surface area contributed by atoms with E-state index < -0.39 is 11.7 Å². The van der Waals surface area contributed by atoms with Crippen molar-refractivity contribution >= 4 is 33.4 Å². The molecular weight excluding hydrogens is 349 g/mol. The first-order valence-corrected chi connectivity index (χ1v) is 6.85. The van der Waals surface area contributed by atoms with Crippen LogP contribution in [-0.2, 0) is 6.54 Å². The minimum Gasteiger partial charge on any atom is -0.507 e. The summed E-state index contributed by atoms with van der Waals surface area (Å²) in [5.74, 6) is -1.13. The van der Waals surface area contributed by atoms with Crippen LogP contribution < -0.4 is 5.32 Å². The summed E-state index contributed by atoms with van der Waals surface area (Å²) in [7, 11) is 0. The average Bonchev–Trinajstić information content (AvgIpc) is 2.39. The number of aromatic hydroxyl groups is 1. The minimum atomic E-state index is -0.501. The maximum absolute atomic E-state index is 13.5. The molecule has 0 aromatic heterocycles. The third-order valence-electron chi connectivity index (χ3n) is 2.65. The molecule has 0 unspecified atom stereocenters. The van der Waals surface area contributed by atoms with Crippen LogP contribution in [0.2, 0.25) is 5.02 Å². The van der Waals surface area contributed by atoms with Gasteiger partial charge in [0.1, 0.15) is 11.6 Å². The van der Waals surface area contributed by atoms with E-state index in [1.54, 1.807) is 12.1 Å². The number of rotatable bonds is 3. The van der Waals surface area contributed by atoms with E-state index >= 15 is 0 Å². The zero-order valence-electron chi connectivity index (χ0n) is 10.2. The monoisotopic (exact) mass is 357 g/mol. The Morgan fingerprint density at radius 3 is 2.75 bits per heavy atom. The molecule has 2 aromatic carbocycles. The fraction of sp³-hybridized carbons (Fsp3) is 0.0714. The van der Waals surface area contributed by atoms with Gasteiger partial charge in [0.05, 0.1) is 5.56 Å². The van der Waals surface area contributed by atoms with Crippen molar-refractivity contribution in [2.75, 3.05) is 0 Å². The fourth-order valence-electron chi connectivity index (χ4n) is 1.65. The highest BCUT2D eigenvalue weighted by Crippen LogP contribution is 2.22. The second kappa shape index (κ2) is 6.24. The van der Waals surface area contributed by atoms with Crippen molar-refractivity contribution in [3.8, 4) is 5.75 Å². The van der Waals surface area contributed by atoms with Crippen molar-refractivity contribution in [3.05, 3.63) is 62.8 Å². The maximum Gasteiger partial charge on any atom is 0.255 e. The Balaban J connectivity index is 2.10. The van der Waals surface area contributed by atoms with Gasteiger partial charge < -0.3 is 10.4 Å². The topological polar surface area (TPSA) is 49.3 Å². The molecule has 2 rings (SSSR count). The van der Waals surface area contributed by atoms with Crippen LogP contribution in [0, 0.1) is 5.82 Å². The Bertz CT molecular complexity index is 664. The number of nitrogens with one attached hydrogen (secondary N) is 1. The van der Waals surface area contributed by atoms with Crippen LogP contribution in [0.25, 0.3) is 0 Å². The fourth-order valence-corrected chi connectivity index (χ4v) is 2.22. The Morgan fingerprint density at radius 1 is 1.30 bits per heavy atom. The third kappa shape index (κ3) is 3.49. The lowest BCUT2D eigenvalue weighted by Crippen LogP contribution is -2.23. The third-order valence-corrected chi connectivity index (χ3v) is 3.38. The molecule has 104 valence electrons. The van der Waals surface area contributed by atoms with Crippen molar-refractivity contribution in [3.63, 3.8) is 0 Å². The number of phenols is 1. The van der Waals surface area contributed by atoms with Crippen LogP contribution in [0.5, 0.6) is 5.75 Å². The summed E-state index contributed by atoms with van der Waals surface area (Å²) in [4.78, 5) is 11.9. The molecule has 0 aliphatic heterocycles. The molecule has 1 amide bonds. The van der Waals surface area contributed by atoms with Crippen molar-refractivity contribution in [1.82, 2.24) is 5.32 Å². The summed E-state index contributed by atoms with van der Waals surface area (Å²) in [5.41, 5.74) is 0.436. The van der Waals surface area contributed by atoms with E-state index in [4.69, 9.17) is 11.6 Å². The van der Waals surface area contributed by atoms with Gasteiger partial charge >= 0.3 is 0 Å². The average molecular weight is 359 g/mol. The first-order chi connectivity index (χ1) is 9.47. The van der Waals surface area contributed by atoms with Crippen LogP contribution in [0.15, 0.2) is 40.9 Å². The molecule has 0 bridgehead atoms. The predicted octanol–water partition coefficient (Wildman–Crippen LogP) is 3.88. The number of benzene rings is 2. The molecule has 0 radical (unpaired) electrons. The molecule has 0 aliphatic carbocycles. The van der Waals surface area contributed by atoms with Crippen LogP contribution in [0.3, 0.4) is 0 Å². The number of phenolic OH excluding ortho intramolecular Hbond substituents is 1. The van der Waals surface area contributed by atoms with Gasteiger partial charge in [0.15, 0.2) is 0 Å². The molecular formula is C14H10BrClFNO2. The van der Waals surface area contributed by atoms with Gasteiger partial charge in [-0.05, 0) is 36.4 Å². The van der Waals surface area contributed by atoms with E-state index in [2.05, 4.69) is 21.2 Å². The van der Waals surface area contributed by atoms with E-state index in [1.165, 1.54) is 24.3 Å². The van der Waals surface area contributed by atoms with Crippen molar-refractivity contribution in [1.29, 1.82) is 0 Å². The highest BCUT2D eigenvalue weighted by Gasteiger charge is 2.12. The smallest absolute Gasteiger partial charge is 0.255 e. The van der Waals surface area contributed by atoms with Gasteiger partial charge in [-0.3, -0.25) is 4.79 Å². The summed E-state index contributed by atoms with van der Waals surface area (Å²) >= 11 is 8.92. The van der Waals surface area contributed by atoms with Gasteiger partial charge in [0, 0.05) is 21.6 Å². The van der Waals surface area contributed by atoms with E-state index in [0.29, 0.717) is 10.6 Å². The molecule has 2 aromatic rings. The minimum absolute atomic E-state index is 0.0200. The molecule has 0 spiro atoms. The summed E-state index contributed by atoms with van der Waals surface area (Å²) in [6.07, 6.45) is 0. The van der Waals surface area contributed by atoms with E-state index in [1.807, 2.05) is 0 Å². The first kappa shape index (κ1) is 14.8. The predicted molar refractivity (Wildman–Crippen MR) is 78.4 cm³/mol. The Labute approximate surface area is 128 Å². The molecule has 0 aliphatic rings. The lowest BCUT2D eigenvalue weighted by atomic mass is 10.1. The normalized spacial score (nSPS) is 10.3. The van der Waals surface area contributed by atoms with E-state index in [9.17, 15) is 14.3 Å². The van der Waals surface area contributed by atoms with Crippen LogP contribution in [0.4, 0.5) is 4.39 Å². The van der Waals surface area contributed by atoms with Crippen LogP contribution in [0.1, 0.15) is 15.9 Å². The maximum atomic E-state index is 13.5. The Morgan fingerprint density at radius 2 is 2.05 bits per heavy atom. The van der Waals surface area contributed by atoms with Gasteiger partial charge in [-0.1, -0.05) is 27.5 Å². The van der Waals surface area contributed by atoms with Gasteiger partial charge in [-0.25, -0.2) is 4.39 Å². The Hall–Kier alpha value is -1.59. The van der Waals surface area contributed by atoms with E-state index in [0.717, 1.165) is 4.47 Å². The zero-order chi connectivity index (χ0) is 14.7. The summed E-state index contributed by atoms with van der Waals surface area (Å²) in [6, 6.07) is 8.64. The van der Waals surface area contributed by atoms with Gasteiger partial charge in [0.2, 0.25) is 0 Å². The van der Waals surface area contributed by atoms with Gasteiger partial charge in [-0.2, -0.15) is 0 Å². The quantitative estimate of drug-likeness (QED) is 0.875. The first-order valence-electron chi connectivity index (χ1n) is 5.68. The van der Waals surface area contributed by atoms with E-state index in [-0.39, 0.29) is 17.9 Å². The lowest BCUT2D eigenvalue weighted by molar-refractivity contribution is 0.0948. The van der Waals surface area contributed by atoms with Crippen molar-refractivity contribution in [2.24, 2.45) is 0 Å². The number of amides is 1. The number of carbonyl (C=O) groups excluding carboxylic acids is 1. The summed E-state index contributed by atoms with van der Waals surface area (Å²) in [6.45, 7) is 0.0200. The molecule has 6 heteroatoms. The Kier molecular flexibility index (Phi) is 4.62. The molecule has 0 saturated heterocycles. The zero-order valence-corrected chi connectivity index (χ0v) is 12.5. The molecule has 3 nitrogen and oxygen atoms in total. The second-order valence-electron chi connectivity index (χ2n) is 4.08. The number of halogens is 3. The van der Waals surface area contributed by atoms with Gasteiger partial charge in [0.25, 0.3) is 5.91 Å². The van der Waals surface area contributed by atoms with Crippen molar-refractivity contribution < 1.29 is 14.3 Å². The molecule has 2 N–H and O–H groups in total. The van der Waals surface area contributed by atoms with Crippen LogP contribution in [-0.4, -0.2) is 11.0 Å². The standard InChI is InChI=1S/C14H10BrClFNO2/c15-9-1-4-12(17)8(5-9)7-18-14(20)11-3-2-10(16)6-13(11)19/h1-6,19H,7H2,(H,18,20). The number of hydrogen-bond donors (Lipinski definition) is 2. The molecule has 20 heavy (non-hydrogen) atoms. The SMILES string of the molecule is O=C(NCc1cc(Br)ccc1F)c1ccc(Cl)cc1O. The van der Waals surface area contributed by atoms with Gasteiger partial charge in [-0.15, -0.1) is 0 Å². The molecule has 0 heterocycles. The number of carbonyl (C=O) groups is 1. The summed E-state index contributed by atoms with van der Waals surface area (Å²) < 4.78 is 14.2. The number of hydrogen-bond acceptors (Lipinski definition) is 2. The van der Waals surface area contributed by atoms with Crippen LogP contribution >= 0.6 is 27.5 Å². The highest BCUT2D eigenvalue weighted by atomic mass is 79.9. The van der Waals surface area contributed by atoms with Crippen molar-refractivity contribution in [2.45, 2.75) is 6.54 Å².